The van der Waals surface area contributed by atoms with Crippen molar-refractivity contribution >= 4 is 11.6 Å². The van der Waals surface area contributed by atoms with Crippen LogP contribution in [0.4, 0.5) is 11.6 Å². The van der Waals surface area contributed by atoms with Gasteiger partial charge >= 0.3 is 0 Å². The van der Waals surface area contributed by atoms with Gasteiger partial charge in [0.15, 0.2) is 0 Å². The van der Waals surface area contributed by atoms with Crippen LogP contribution >= 0.6 is 0 Å². The number of hydrogen-bond acceptors (Lipinski definition) is 5. The molecular formula is C19H22N6. The number of rotatable bonds is 5. The summed E-state index contributed by atoms with van der Waals surface area (Å²) in [5.41, 5.74) is 2.21. The molecule has 4 rings (SSSR count). The lowest BCUT2D eigenvalue weighted by Crippen LogP contribution is -2.24. The average Bonchev–Trinajstić information content (AvgIpc) is 3.30. The molecule has 0 aliphatic carbocycles. The largest absolute Gasteiger partial charge is 0.348 e. The van der Waals surface area contributed by atoms with E-state index < -0.39 is 0 Å². The van der Waals surface area contributed by atoms with Gasteiger partial charge in [0.1, 0.15) is 17.5 Å². The zero-order valence-corrected chi connectivity index (χ0v) is 14.3. The number of nitrogens with one attached hydrogen (secondary N) is 2. The Balaban J connectivity index is 1.53. The van der Waals surface area contributed by atoms with Gasteiger partial charge in [-0.3, -0.25) is 4.90 Å². The number of likely N-dealkylation sites (tertiary alicyclic amines) is 1. The van der Waals surface area contributed by atoms with Crippen molar-refractivity contribution in [3.63, 3.8) is 0 Å². The second-order valence-corrected chi connectivity index (χ2v) is 6.41. The molecular weight excluding hydrogens is 312 g/mol. The van der Waals surface area contributed by atoms with Gasteiger partial charge in [-0.25, -0.2) is 15.0 Å². The summed E-state index contributed by atoms with van der Waals surface area (Å²) in [6.07, 6.45) is 7.78. The van der Waals surface area contributed by atoms with Gasteiger partial charge in [0.25, 0.3) is 0 Å². The molecule has 0 radical (unpaired) electrons. The van der Waals surface area contributed by atoms with E-state index in [4.69, 9.17) is 4.98 Å². The number of aromatic amines is 1. The van der Waals surface area contributed by atoms with Crippen LogP contribution in [0.5, 0.6) is 0 Å². The molecule has 1 aliphatic rings. The molecule has 25 heavy (non-hydrogen) atoms. The minimum absolute atomic E-state index is 0.330. The Labute approximate surface area is 147 Å². The molecule has 4 heterocycles. The van der Waals surface area contributed by atoms with Gasteiger partial charge in [-0.1, -0.05) is 12.1 Å². The van der Waals surface area contributed by atoms with E-state index in [2.05, 4.69) is 37.3 Å². The fourth-order valence-electron chi connectivity index (χ4n) is 3.37. The summed E-state index contributed by atoms with van der Waals surface area (Å²) in [6.45, 7) is 3.95. The molecule has 0 spiro atoms. The Morgan fingerprint density at radius 3 is 3.00 bits per heavy atom. The molecule has 1 atom stereocenters. The SMILES string of the molecule is Cc1cccnc1Nc1cccc([C@@H]2CCCN2Cc2ncc[nH]2)n1. The Morgan fingerprint density at radius 1 is 1.20 bits per heavy atom. The highest BCUT2D eigenvalue weighted by Gasteiger charge is 2.27. The Hall–Kier alpha value is -2.73. The van der Waals surface area contributed by atoms with Crippen molar-refractivity contribution in [1.82, 2.24) is 24.8 Å². The smallest absolute Gasteiger partial charge is 0.134 e. The summed E-state index contributed by atoms with van der Waals surface area (Å²) in [7, 11) is 0. The molecule has 0 aromatic carbocycles. The van der Waals surface area contributed by atoms with E-state index >= 15 is 0 Å². The summed E-state index contributed by atoms with van der Waals surface area (Å²) in [6, 6.07) is 10.5. The molecule has 6 nitrogen and oxygen atoms in total. The van der Waals surface area contributed by atoms with Crippen molar-refractivity contribution in [2.45, 2.75) is 32.4 Å². The minimum Gasteiger partial charge on any atom is -0.348 e. The maximum atomic E-state index is 4.85. The molecule has 0 amide bonds. The van der Waals surface area contributed by atoms with Gasteiger partial charge in [0, 0.05) is 18.6 Å². The number of hydrogen-bond donors (Lipinski definition) is 2. The molecule has 6 heteroatoms. The lowest BCUT2D eigenvalue weighted by molar-refractivity contribution is 0.239. The van der Waals surface area contributed by atoms with E-state index in [0.717, 1.165) is 48.2 Å². The lowest BCUT2D eigenvalue weighted by atomic mass is 10.1. The van der Waals surface area contributed by atoms with Crippen LogP contribution in [-0.4, -0.2) is 31.4 Å². The molecule has 1 aliphatic heterocycles. The monoisotopic (exact) mass is 334 g/mol. The second-order valence-electron chi connectivity index (χ2n) is 6.41. The van der Waals surface area contributed by atoms with Crippen LogP contribution in [0.1, 0.15) is 36.0 Å². The third-order valence-electron chi connectivity index (χ3n) is 4.64. The maximum Gasteiger partial charge on any atom is 0.134 e. The third kappa shape index (κ3) is 3.53. The van der Waals surface area contributed by atoms with Crippen LogP contribution in [-0.2, 0) is 6.54 Å². The first kappa shape index (κ1) is 15.8. The Morgan fingerprint density at radius 2 is 2.16 bits per heavy atom. The second kappa shape index (κ2) is 7.03. The number of anilines is 2. The summed E-state index contributed by atoms with van der Waals surface area (Å²) < 4.78 is 0. The van der Waals surface area contributed by atoms with Gasteiger partial charge < -0.3 is 10.3 Å². The number of pyridine rings is 2. The number of aromatic nitrogens is 4. The first-order valence-electron chi connectivity index (χ1n) is 8.67. The molecule has 1 fully saturated rings. The van der Waals surface area contributed by atoms with Gasteiger partial charge in [-0.15, -0.1) is 0 Å². The molecule has 3 aromatic rings. The highest BCUT2D eigenvalue weighted by Crippen LogP contribution is 2.32. The van der Waals surface area contributed by atoms with Gasteiger partial charge in [-0.2, -0.15) is 0 Å². The van der Waals surface area contributed by atoms with Gasteiger partial charge in [-0.05, 0) is 50.1 Å². The Kier molecular flexibility index (Phi) is 4.43. The van der Waals surface area contributed by atoms with Crippen molar-refractivity contribution in [3.8, 4) is 0 Å². The number of aryl methyl sites for hydroxylation is 1. The average molecular weight is 334 g/mol. The van der Waals surface area contributed by atoms with Crippen LogP contribution < -0.4 is 5.32 Å². The van der Waals surface area contributed by atoms with Crippen molar-refractivity contribution < 1.29 is 0 Å². The van der Waals surface area contributed by atoms with Crippen molar-refractivity contribution in [1.29, 1.82) is 0 Å². The van der Waals surface area contributed by atoms with E-state index in [1.165, 1.54) is 6.42 Å². The predicted molar refractivity (Wildman–Crippen MR) is 97.5 cm³/mol. The number of imidazole rings is 1. The number of nitrogens with zero attached hydrogens (tertiary/aromatic N) is 4. The van der Waals surface area contributed by atoms with Crippen molar-refractivity contribution in [2.75, 3.05) is 11.9 Å². The minimum atomic E-state index is 0.330. The molecule has 128 valence electrons. The Bertz CT molecular complexity index is 829. The lowest BCUT2D eigenvalue weighted by Gasteiger charge is -2.23. The highest BCUT2D eigenvalue weighted by molar-refractivity contribution is 5.55. The quantitative estimate of drug-likeness (QED) is 0.746. The van der Waals surface area contributed by atoms with Crippen molar-refractivity contribution in [3.05, 3.63) is 66.0 Å². The topological polar surface area (TPSA) is 69.7 Å². The van der Waals surface area contributed by atoms with Crippen LogP contribution in [0.3, 0.4) is 0 Å². The van der Waals surface area contributed by atoms with Crippen LogP contribution in [0.2, 0.25) is 0 Å². The summed E-state index contributed by atoms with van der Waals surface area (Å²) in [5, 5.41) is 3.34. The van der Waals surface area contributed by atoms with E-state index in [1.54, 1.807) is 12.4 Å². The first-order valence-corrected chi connectivity index (χ1v) is 8.67. The maximum absolute atomic E-state index is 4.85. The summed E-state index contributed by atoms with van der Waals surface area (Å²) in [4.78, 5) is 19.2. The first-order chi connectivity index (χ1) is 12.3. The zero-order valence-electron chi connectivity index (χ0n) is 14.3. The normalized spacial score (nSPS) is 17.7. The molecule has 2 N–H and O–H groups in total. The fourth-order valence-corrected chi connectivity index (χ4v) is 3.37. The van der Waals surface area contributed by atoms with E-state index in [1.807, 2.05) is 31.3 Å². The molecule has 0 saturated carbocycles. The van der Waals surface area contributed by atoms with Crippen LogP contribution in [0.15, 0.2) is 48.9 Å². The fraction of sp³-hybridized carbons (Fsp3) is 0.316. The third-order valence-corrected chi connectivity index (χ3v) is 4.64. The zero-order chi connectivity index (χ0) is 17.1. The molecule has 1 saturated heterocycles. The molecule has 0 unspecified atom stereocenters. The summed E-state index contributed by atoms with van der Waals surface area (Å²) >= 11 is 0. The standard InChI is InChI=1S/C19H22N6/c1-14-5-3-9-22-19(14)24-17-8-2-6-15(23-17)16-7-4-12-25(16)13-18-20-10-11-21-18/h2-3,5-6,8-11,16H,4,7,12-13H2,1H3,(H,20,21)(H,22,23,24)/t16-/m0/s1. The van der Waals surface area contributed by atoms with Gasteiger partial charge in [0.2, 0.25) is 0 Å². The highest BCUT2D eigenvalue weighted by atomic mass is 15.2. The van der Waals surface area contributed by atoms with E-state index in [-0.39, 0.29) is 0 Å². The van der Waals surface area contributed by atoms with Crippen LogP contribution in [0.25, 0.3) is 0 Å². The predicted octanol–water partition coefficient (Wildman–Crippen LogP) is 3.59. The van der Waals surface area contributed by atoms with Gasteiger partial charge in [0.05, 0.1) is 18.3 Å². The molecule has 3 aromatic heterocycles. The van der Waals surface area contributed by atoms with Crippen molar-refractivity contribution in [2.24, 2.45) is 0 Å². The van der Waals surface area contributed by atoms with E-state index in [0.29, 0.717) is 6.04 Å². The number of H-pyrrole nitrogens is 1. The van der Waals surface area contributed by atoms with E-state index in [9.17, 15) is 0 Å². The summed E-state index contributed by atoms with van der Waals surface area (Å²) in [5.74, 6) is 2.69. The molecule has 0 bridgehead atoms. The van der Waals surface area contributed by atoms with Crippen LogP contribution in [0, 0.1) is 6.92 Å².